The summed E-state index contributed by atoms with van der Waals surface area (Å²) in [6, 6.07) is 0. The van der Waals surface area contributed by atoms with Gasteiger partial charge in [0, 0.05) is 0 Å². The highest BCUT2D eigenvalue weighted by atomic mass is 32.2. The van der Waals surface area contributed by atoms with Crippen LogP contribution in [0, 0.1) is 11.8 Å². The summed E-state index contributed by atoms with van der Waals surface area (Å²) in [5.41, 5.74) is 5.39. The van der Waals surface area contributed by atoms with E-state index in [-0.39, 0.29) is 17.6 Å². The van der Waals surface area contributed by atoms with Crippen LogP contribution in [0.15, 0.2) is 11.0 Å². The van der Waals surface area contributed by atoms with Gasteiger partial charge in [-0.15, -0.1) is 0 Å². The van der Waals surface area contributed by atoms with E-state index in [1.54, 1.807) is 0 Å². The van der Waals surface area contributed by atoms with Crippen LogP contribution in [0.25, 0.3) is 0 Å². The number of aromatic nitrogens is 2. The number of H-pyrrole nitrogens is 1. The zero-order valence-electron chi connectivity index (χ0n) is 11.6. The standard InChI is InChI=1S/C13H18N4O3S/c14-12-10(9-15-13(18)17-12)5-4-8-16-21(19,20)11-6-2-1-3-7-11/h9,11,16H,1-3,6-8H2,(H3,14,15,17,18). The number of nitrogen functional groups attached to an aromatic ring is 1. The van der Waals surface area contributed by atoms with Crippen LogP contribution in [0.1, 0.15) is 37.7 Å². The number of sulfonamides is 1. The largest absolute Gasteiger partial charge is 0.384 e. The Morgan fingerprint density at radius 3 is 2.76 bits per heavy atom. The maximum absolute atomic E-state index is 12.0. The lowest BCUT2D eigenvalue weighted by atomic mass is 10.0. The number of hydrogen-bond donors (Lipinski definition) is 3. The van der Waals surface area contributed by atoms with E-state index in [2.05, 4.69) is 26.5 Å². The molecule has 1 aliphatic rings. The number of anilines is 1. The second-order valence-electron chi connectivity index (χ2n) is 4.94. The van der Waals surface area contributed by atoms with Crippen molar-refractivity contribution < 1.29 is 8.42 Å². The fourth-order valence-corrected chi connectivity index (χ4v) is 3.74. The lowest BCUT2D eigenvalue weighted by Crippen LogP contribution is -2.35. The van der Waals surface area contributed by atoms with Gasteiger partial charge < -0.3 is 5.73 Å². The smallest absolute Gasteiger partial charge is 0.346 e. The van der Waals surface area contributed by atoms with Gasteiger partial charge in [-0.3, -0.25) is 4.98 Å². The summed E-state index contributed by atoms with van der Waals surface area (Å²) in [5, 5.41) is -0.312. The third-order valence-corrected chi connectivity index (χ3v) is 5.31. The summed E-state index contributed by atoms with van der Waals surface area (Å²) >= 11 is 0. The number of nitrogens with zero attached hydrogens (tertiary/aromatic N) is 1. The van der Waals surface area contributed by atoms with Gasteiger partial charge in [-0.05, 0) is 12.8 Å². The Kier molecular flexibility index (Phi) is 4.98. The second kappa shape index (κ2) is 6.74. The molecule has 1 aliphatic carbocycles. The van der Waals surface area contributed by atoms with Gasteiger partial charge in [0.1, 0.15) is 5.82 Å². The summed E-state index contributed by atoms with van der Waals surface area (Å²) in [6.45, 7) is 0.0113. The van der Waals surface area contributed by atoms with E-state index >= 15 is 0 Å². The fraction of sp³-hybridized carbons (Fsp3) is 0.538. The molecule has 114 valence electrons. The summed E-state index contributed by atoms with van der Waals surface area (Å²) in [4.78, 5) is 16.7. The summed E-state index contributed by atoms with van der Waals surface area (Å²) in [5.74, 6) is 5.48. The molecule has 1 saturated carbocycles. The van der Waals surface area contributed by atoms with Gasteiger partial charge in [0.15, 0.2) is 0 Å². The van der Waals surface area contributed by atoms with Crippen LogP contribution in [0.4, 0.5) is 5.82 Å². The summed E-state index contributed by atoms with van der Waals surface area (Å²) in [7, 11) is -3.31. The van der Waals surface area contributed by atoms with Crippen molar-refractivity contribution in [3.63, 3.8) is 0 Å². The van der Waals surface area contributed by atoms with Gasteiger partial charge >= 0.3 is 5.69 Å². The van der Waals surface area contributed by atoms with Crippen molar-refractivity contribution in [3.8, 4) is 11.8 Å². The summed E-state index contributed by atoms with van der Waals surface area (Å²) < 4.78 is 26.6. The zero-order valence-corrected chi connectivity index (χ0v) is 12.4. The molecule has 4 N–H and O–H groups in total. The number of rotatable bonds is 3. The Morgan fingerprint density at radius 1 is 1.38 bits per heavy atom. The molecule has 0 spiro atoms. The molecule has 2 rings (SSSR count). The molecule has 0 saturated heterocycles. The quantitative estimate of drug-likeness (QED) is 0.677. The average Bonchev–Trinajstić information content (AvgIpc) is 2.46. The van der Waals surface area contributed by atoms with Gasteiger partial charge in [-0.2, -0.15) is 0 Å². The first-order valence-electron chi connectivity index (χ1n) is 6.81. The monoisotopic (exact) mass is 310 g/mol. The van der Waals surface area contributed by atoms with Crippen molar-refractivity contribution in [2.75, 3.05) is 12.3 Å². The van der Waals surface area contributed by atoms with Crippen LogP contribution in [0.5, 0.6) is 0 Å². The third kappa shape index (κ3) is 4.31. The molecule has 0 bridgehead atoms. The van der Waals surface area contributed by atoms with Crippen molar-refractivity contribution in [1.82, 2.24) is 14.7 Å². The van der Waals surface area contributed by atoms with Gasteiger partial charge in [0.25, 0.3) is 0 Å². The SMILES string of the molecule is Nc1[nH]c(=O)ncc1C#CCNS(=O)(=O)C1CCCCC1. The van der Waals surface area contributed by atoms with Crippen LogP contribution in [0.3, 0.4) is 0 Å². The molecule has 1 heterocycles. The van der Waals surface area contributed by atoms with Crippen LogP contribution in [-0.4, -0.2) is 30.2 Å². The van der Waals surface area contributed by atoms with Crippen molar-refractivity contribution >= 4 is 15.8 Å². The Morgan fingerprint density at radius 2 is 2.10 bits per heavy atom. The fourth-order valence-electron chi connectivity index (χ4n) is 2.28. The summed E-state index contributed by atoms with van der Waals surface area (Å²) in [6.07, 6.45) is 5.69. The Bertz CT molecular complexity index is 709. The molecule has 0 radical (unpaired) electrons. The number of nitrogens with one attached hydrogen (secondary N) is 2. The predicted molar refractivity (Wildman–Crippen MR) is 79.9 cm³/mol. The van der Waals surface area contributed by atoms with Crippen molar-refractivity contribution in [1.29, 1.82) is 0 Å². The molecule has 1 fully saturated rings. The van der Waals surface area contributed by atoms with E-state index < -0.39 is 15.7 Å². The topological polar surface area (TPSA) is 118 Å². The first kappa shape index (κ1) is 15.5. The minimum Gasteiger partial charge on any atom is -0.384 e. The molecule has 0 aromatic carbocycles. The first-order chi connectivity index (χ1) is 9.99. The first-order valence-corrected chi connectivity index (χ1v) is 8.36. The molecule has 0 atom stereocenters. The lowest BCUT2D eigenvalue weighted by Gasteiger charge is -2.21. The second-order valence-corrected chi connectivity index (χ2v) is 6.99. The maximum Gasteiger partial charge on any atom is 0.346 e. The predicted octanol–water partition coefficient (Wildman–Crippen LogP) is -0.0443. The van der Waals surface area contributed by atoms with E-state index in [0.29, 0.717) is 18.4 Å². The molecule has 0 amide bonds. The molecule has 1 aromatic rings. The minimum atomic E-state index is -3.31. The van der Waals surface area contributed by atoms with Crippen LogP contribution in [0.2, 0.25) is 0 Å². The van der Waals surface area contributed by atoms with Crippen LogP contribution in [-0.2, 0) is 10.0 Å². The van der Waals surface area contributed by atoms with E-state index in [1.165, 1.54) is 6.20 Å². The Balaban J connectivity index is 1.95. The molecule has 0 unspecified atom stereocenters. The van der Waals surface area contributed by atoms with Crippen molar-refractivity contribution in [3.05, 3.63) is 22.2 Å². The minimum absolute atomic E-state index is 0.0113. The zero-order chi connectivity index (χ0) is 15.3. The number of hydrogen-bond acceptors (Lipinski definition) is 5. The van der Waals surface area contributed by atoms with E-state index in [1.807, 2.05) is 0 Å². The number of nitrogens with two attached hydrogens (primary N) is 1. The average molecular weight is 310 g/mol. The number of aromatic amines is 1. The Labute approximate surface area is 123 Å². The highest BCUT2D eigenvalue weighted by Gasteiger charge is 2.26. The molecule has 7 nitrogen and oxygen atoms in total. The highest BCUT2D eigenvalue weighted by molar-refractivity contribution is 7.90. The van der Waals surface area contributed by atoms with Gasteiger partial charge in [0.05, 0.1) is 23.6 Å². The molecular formula is C13H18N4O3S. The van der Waals surface area contributed by atoms with Crippen molar-refractivity contribution in [2.24, 2.45) is 0 Å². The molecule has 1 aromatic heterocycles. The normalized spacial score (nSPS) is 16.2. The maximum atomic E-state index is 12.0. The van der Waals surface area contributed by atoms with E-state index in [9.17, 15) is 13.2 Å². The van der Waals surface area contributed by atoms with E-state index in [4.69, 9.17) is 5.73 Å². The van der Waals surface area contributed by atoms with Gasteiger partial charge in [-0.1, -0.05) is 31.1 Å². The third-order valence-electron chi connectivity index (χ3n) is 3.42. The lowest BCUT2D eigenvalue weighted by molar-refractivity contribution is 0.479. The molecule has 8 heteroatoms. The van der Waals surface area contributed by atoms with Gasteiger partial charge in [-0.25, -0.2) is 22.9 Å². The molecule has 21 heavy (non-hydrogen) atoms. The molecule has 0 aliphatic heterocycles. The Hall–Kier alpha value is -1.85. The van der Waals surface area contributed by atoms with Gasteiger partial charge in [0.2, 0.25) is 10.0 Å². The van der Waals surface area contributed by atoms with E-state index in [0.717, 1.165) is 19.3 Å². The highest BCUT2D eigenvalue weighted by Crippen LogP contribution is 2.22. The van der Waals surface area contributed by atoms with Crippen molar-refractivity contribution in [2.45, 2.75) is 37.4 Å². The van der Waals surface area contributed by atoms with Crippen LogP contribution < -0.4 is 16.1 Å². The van der Waals surface area contributed by atoms with Crippen LogP contribution >= 0.6 is 0 Å². The molecular weight excluding hydrogens is 292 g/mol.